The maximum atomic E-state index is 9.90. The van der Waals surface area contributed by atoms with Gasteiger partial charge >= 0.3 is 0 Å². The van der Waals surface area contributed by atoms with E-state index in [1.54, 1.807) is 0 Å². The molecule has 0 radical (unpaired) electrons. The summed E-state index contributed by atoms with van der Waals surface area (Å²) in [6, 6.07) is 7.55. The summed E-state index contributed by atoms with van der Waals surface area (Å²) >= 11 is 0. The lowest BCUT2D eigenvalue weighted by Gasteiger charge is -2.13. The van der Waals surface area contributed by atoms with E-state index < -0.39 is 6.10 Å². The Kier molecular flexibility index (Phi) is 16.6. The molecule has 0 amide bonds. The van der Waals surface area contributed by atoms with E-state index in [9.17, 15) is 5.11 Å². The first-order valence-corrected chi connectivity index (χ1v) is 11.5. The average Bonchev–Trinajstić information content (AvgIpc) is 2.74. The molecule has 0 aliphatic rings. The van der Waals surface area contributed by atoms with Crippen LogP contribution in [0.4, 0.5) is 0 Å². The molecule has 1 unspecified atom stereocenters. The van der Waals surface area contributed by atoms with E-state index in [4.69, 9.17) is 19.3 Å². The fourth-order valence-electron chi connectivity index (χ4n) is 3.01. The SMILES string of the molecule is CCCCCCCCCCOc1ccc(OCC(O)COCCCCCO)cc1. The summed E-state index contributed by atoms with van der Waals surface area (Å²) in [5, 5.41) is 18.6. The number of hydrogen-bond acceptors (Lipinski definition) is 5. The molecule has 0 aliphatic heterocycles. The van der Waals surface area contributed by atoms with Gasteiger partial charge in [-0.25, -0.2) is 0 Å². The highest BCUT2D eigenvalue weighted by Gasteiger charge is 2.06. The minimum Gasteiger partial charge on any atom is -0.494 e. The van der Waals surface area contributed by atoms with Crippen molar-refractivity contribution in [2.24, 2.45) is 0 Å². The maximum absolute atomic E-state index is 9.90. The van der Waals surface area contributed by atoms with E-state index in [-0.39, 0.29) is 19.8 Å². The lowest BCUT2D eigenvalue weighted by molar-refractivity contribution is 0.0108. The second-order valence-electron chi connectivity index (χ2n) is 7.62. The zero-order valence-electron chi connectivity index (χ0n) is 18.3. The van der Waals surface area contributed by atoms with Crippen molar-refractivity contribution < 1.29 is 24.4 Å². The van der Waals surface area contributed by atoms with Crippen LogP contribution in [0.25, 0.3) is 0 Å². The predicted octanol–water partition coefficient (Wildman–Crippen LogP) is 5.13. The van der Waals surface area contributed by atoms with Crippen LogP contribution in [0, 0.1) is 0 Å². The van der Waals surface area contributed by atoms with E-state index in [2.05, 4.69) is 6.92 Å². The van der Waals surface area contributed by atoms with E-state index in [0.717, 1.165) is 38.0 Å². The molecule has 0 aromatic heterocycles. The van der Waals surface area contributed by atoms with Gasteiger partial charge in [0, 0.05) is 13.2 Å². The summed E-state index contributed by atoms with van der Waals surface area (Å²) in [6.07, 6.45) is 12.4. The van der Waals surface area contributed by atoms with Crippen LogP contribution in [0.3, 0.4) is 0 Å². The quantitative estimate of drug-likeness (QED) is 0.292. The monoisotopic (exact) mass is 410 g/mol. The van der Waals surface area contributed by atoms with Crippen LogP contribution in [0.5, 0.6) is 11.5 Å². The fraction of sp³-hybridized carbons (Fsp3) is 0.750. The smallest absolute Gasteiger partial charge is 0.119 e. The van der Waals surface area contributed by atoms with Crippen molar-refractivity contribution >= 4 is 0 Å². The molecule has 5 nitrogen and oxygen atoms in total. The molecule has 1 aromatic rings. The molecule has 29 heavy (non-hydrogen) atoms. The number of aliphatic hydroxyl groups is 2. The lowest BCUT2D eigenvalue weighted by atomic mass is 10.1. The Hall–Kier alpha value is -1.30. The van der Waals surface area contributed by atoms with E-state index >= 15 is 0 Å². The molecule has 0 fully saturated rings. The van der Waals surface area contributed by atoms with Crippen LogP contribution < -0.4 is 9.47 Å². The normalized spacial score (nSPS) is 12.1. The second kappa shape index (κ2) is 18.7. The van der Waals surface area contributed by atoms with Gasteiger partial charge in [-0.3, -0.25) is 0 Å². The Labute approximate surface area is 177 Å². The van der Waals surface area contributed by atoms with Crippen LogP contribution in [0.2, 0.25) is 0 Å². The van der Waals surface area contributed by atoms with Gasteiger partial charge in [-0.1, -0.05) is 51.9 Å². The lowest BCUT2D eigenvalue weighted by Crippen LogP contribution is -2.23. The van der Waals surface area contributed by atoms with Gasteiger partial charge in [-0.15, -0.1) is 0 Å². The molecule has 0 bridgehead atoms. The molecule has 5 heteroatoms. The van der Waals surface area contributed by atoms with Gasteiger partial charge in [0.05, 0.1) is 13.2 Å². The topological polar surface area (TPSA) is 68.2 Å². The Morgan fingerprint density at radius 1 is 0.690 bits per heavy atom. The number of unbranched alkanes of at least 4 members (excludes halogenated alkanes) is 9. The minimum atomic E-state index is -0.647. The summed E-state index contributed by atoms with van der Waals surface area (Å²) in [7, 11) is 0. The Morgan fingerprint density at radius 3 is 1.90 bits per heavy atom. The van der Waals surface area contributed by atoms with Gasteiger partial charge in [0.1, 0.15) is 24.2 Å². The number of ether oxygens (including phenoxy) is 3. The van der Waals surface area contributed by atoms with Crippen molar-refractivity contribution in [3.8, 4) is 11.5 Å². The van der Waals surface area contributed by atoms with Crippen LogP contribution in [0.15, 0.2) is 24.3 Å². The van der Waals surface area contributed by atoms with Gasteiger partial charge in [0.2, 0.25) is 0 Å². The molecule has 0 heterocycles. The predicted molar refractivity (Wildman–Crippen MR) is 118 cm³/mol. The zero-order chi connectivity index (χ0) is 21.0. The third-order valence-electron chi connectivity index (χ3n) is 4.79. The average molecular weight is 411 g/mol. The maximum Gasteiger partial charge on any atom is 0.119 e. The van der Waals surface area contributed by atoms with Crippen LogP contribution >= 0.6 is 0 Å². The Balaban J connectivity index is 2.02. The standard InChI is InChI=1S/C24H42O5/c1-2-3-4-5-6-7-8-12-19-28-23-13-15-24(16-14-23)29-21-22(26)20-27-18-11-9-10-17-25/h13-16,22,25-26H,2-12,17-21H2,1H3. The van der Waals surface area contributed by atoms with Crippen LogP contribution in [-0.4, -0.2) is 49.4 Å². The summed E-state index contributed by atoms with van der Waals surface area (Å²) in [5.41, 5.74) is 0. The van der Waals surface area contributed by atoms with E-state index in [0.29, 0.717) is 12.4 Å². The van der Waals surface area contributed by atoms with Crippen molar-refractivity contribution in [1.82, 2.24) is 0 Å². The van der Waals surface area contributed by atoms with Crippen molar-refractivity contribution in [3.05, 3.63) is 24.3 Å². The van der Waals surface area contributed by atoms with Crippen molar-refractivity contribution in [3.63, 3.8) is 0 Å². The second-order valence-corrected chi connectivity index (χ2v) is 7.62. The van der Waals surface area contributed by atoms with Crippen LogP contribution in [0.1, 0.15) is 77.6 Å². The molecule has 0 saturated heterocycles. The van der Waals surface area contributed by atoms with Crippen LogP contribution in [-0.2, 0) is 4.74 Å². The molecule has 0 aliphatic carbocycles. The van der Waals surface area contributed by atoms with E-state index in [1.807, 2.05) is 24.3 Å². The first-order chi connectivity index (χ1) is 14.3. The number of aliphatic hydroxyl groups excluding tert-OH is 2. The molecule has 1 atom stereocenters. The minimum absolute atomic E-state index is 0.203. The highest BCUT2D eigenvalue weighted by Crippen LogP contribution is 2.18. The third-order valence-corrected chi connectivity index (χ3v) is 4.79. The van der Waals surface area contributed by atoms with Gasteiger partial charge in [0.25, 0.3) is 0 Å². The Morgan fingerprint density at radius 2 is 1.24 bits per heavy atom. The van der Waals surface area contributed by atoms with Gasteiger partial charge in [-0.05, 0) is 49.9 Å². The Bertz CT molecular complexity index is 463. The van der Waals surface area contributed by atoms with Gasteiger partial charge < -0.3 is 24.4 Å². The molecular weight excluding hydrogens is 368 g/mol. The van der Waals surface area contributed by atoms with Crippen molar-refractivity contribution in [2.45, 2.75) is 83.7 Å². The highest BCUT2D eigenvalue weighted by molar-refractivity contribution is 5.31. The third kappa shape index (κ3) is 15.2. The molecule has 1 aromatic carbocycles. The summed E-state index contributed by atoms with van der Waals surface area (Å²) in [6.45, 7) is 4.29. The van der Waals surface area contributed by atoms with E-state index in [1.165, 1.54) is 44.9 Å². The van der Waals surface area contributed by atoms with Gasteiger partial charge in [0.15, 0.2) is 0 Å². The summed E-state index contributed by atoms with van der Waals surface area (Å²) in [5.74, 6) is 1.57. The summed E-state index contributed by atoms with van der Waals surface area (Å²) < 4.78 is 16.8. The molecule has 0 saturated carbocycles. The van der Waals surface area contributed by atoms with Crippen molar-refractivity contribution in [2.75, 3.05) is 33.0 Å². The molecule has 2 N–H and O–H groups in total. The first kappa shape index (κ1) is 25.7. The number of rotatable bonds is 20. The number of hydrogen-bond donors (Lipinski definition) is 2. The summed E-state index contributed by atoms with van der Waals surface area (Å²) in [4.78, 5) is 0. The molecular formula is C24H42O5. The zero-order valence-corrected chi connectivity index (χ0v) is 18.3. The molecule has 168 valence electrons. The molecule has 1 rings (SSSR count). The highest BCUT2D eigenvalue weighted by atomic mass is 16.5. The van der Waals surface area contributed by atoms with Crippen molar-refractivity contribution in [1.29, 1.82) is 0 Å². The fourth-order valence-corrected chi connectivity index (χ4v) is 3.01. The number of benzene rings is 1. The first-order valence-electron chi connectivity index (χ1n) is 11.5. The molecule has 0 spiro atoms. The largest absolute Gasteiger partial charge is 0.494 e. The van der Waals surface area contributed by atoms with Gasteiger partial charge in [-0.2, -0.15) is 0 Å².